The second-order valence-corrected chi connectivity index (χ2v) is 9.52. The zero-order valence-corrected chi connectivity index (χ0v) is 18.5. The highest BCUT2D eigenvalue weighted by Gasteiger charge is 2.30. The third kappa shape index (κ3) is 6.17. The maximum Gasteiger partial charge on any atom is 0.126 e. The van der Waals surface area contributed by atoms with Gasteiger partial charge in [-0.1, -0.05) is 60.3 Å². The molecule has 1 aromatic rings. The molecule has 27 heavy (non-hydrogen) atoms. The quantitative estimate of drug-likeness (QED) is 0.405. The number of benzene rings is 1. The Kier molecular flexibility index (Phi) is 8.43. The van der Waals surface area contributed by atoms with Crippen molar-refractivity contribution in [1.82, 2.24) is 0 Å². The van der Waals surface area contributed by atoms with Gasteiger partial charge in [-0.2, -0.15) is 0 Å². The van der Waals surface area contributed by atoms with E-state index in [1.165, 1.54) is 63.4 Å². The van der Waals surface area contributed by atoms with Crippen LogP contribution in [0.4, 0.5) is 4.39 Å². The lowest BCUT2D eigenvalue weighted by molar-refractivity contribution is 0.153. The second-order valence-electron chi connectivity index (χ2n) is 8.99. The molecule has 0 amide bonds. The molecule has 0 aliphatic heterocycles. The van der Waals surface area contributed by atoms with Gasteiger partial charge in [0.15, 0.2) is 0 Å². The van der Waals surface area contributed by atoms with Gasteiger partial charge >= 0.3 is 0 Å². The minimum absolute atomic E-state index is 0.00316. The Labute approximate surface area is 174 Å². The molecular formula is C25H36BrF. The topological polar surface area (TPSA) is 0 Å². The fraction of sp³-hybridized carbons (Fsp3) is 0.680. The number of rotatable bonds is 7. The predicted octanol–water partition coefficient (Wildman–Crippen LogP) is 8.23. The molecule has 1 aromatic carbocycles. The van der Waals surface area contributed by atoms with Crippen LogP contribution in [0.3, 0.4) is 0 Å². The highest BCUT2D eigenvalue weighted by atomic mass is 79.9. The molecule has 0 spiro atoms. The average Bonchev–Trinajstić information content (AvgIpc) is 2.70. The first-order chi connectivity index (χ1) is 13.2. The summed E-state index contributed by atoms with van der Waals surface area (Å²) in [5.74, 6) is 3.61. The molecule has 2 aliphatic rings. The lowest BCUT2D eigenvalue weighted by atomic mass is 9.68. The van der Waals surface area contributed by atoms with E-state index in [1.807, 2.05) is 11.1 Å². The molecule has 0 saturated heterocycles. The van der Waals surface area contributed by atoms with E-state index in [4.69, 9.17) is 0 Å². The predicted molar refractivity (Wildman–Crippen MR) is 118 cm³/mol. The Bertz CT molecular complexity index is 592. The summed E-state index contributed by atoms with van der Waals surface area (Å²) < 4.78 is 14.1. The fourth-order valence-electron chi connectivity index (χ4n) is 5.45. The van der Waals surface area contributed by atoms with E-state index >= 15 is 0 Å². The normalized spacial score (nSPS) is 29.3. The van der Waals surface area contributed by atoms with E-state index < -0.39 is 0 Å². The van der Waals surface area contributed by atoms with E-state index in [2.05, 4.69) is 35.0 Å². The van der Waals surface area contributed by atoms with Crippen LogP contribution in [0.5, 0.6) is 0 Å². The first-order valence-electron chi connectivity index (χ1n) is 11.2. The summed E-state index contributed by atoms with van der Waals surface area (Å²) in [6, 6.07) is 5.95. The average molecular weight is 435 g/mol. The molecule has 0 atom stereocenters. The van der Waals surface area contributed by atoms with Crippen LogP contribution in [0.15, 0.2) is 29.3 Å². The van der Waals surface area contributed by atoms with Crippen molar-refractivity contribution in [3.8, 4) is 0 Å². The molecule has 2 saturated carbocycles. The Morgan fingerprint density at radius 1 is 0.963 bits per heavy atom. The van der Waals surface area contributed by atoms with E-state index in [-0.39, 0.29) is 5.82 Å². The molecule has 0 bridgehead atoms. The van der Waals surface area contributed by atoms with Gasteiger partial charge in [0.2, 0.25) is 0 Å². The van der Waals surface area contributed by atoms with Crippen molar-refractivity contribution in [2.75, 3.05) is 0 Å². The van der Waals surface area contributed by atoms with Crippen molar-refractivity contribution in [2.24, 2.45) is 23.7 Å². The zero-order chi connectivity index (χ0) is 19.1. The second kappa shape index (κ2) is 10.8. The van der Waals surface area contributed by atoms with Gasteiger partial charge in [0.1, 0.15) is 5.82 Å². The summed E-state index contributed by atoms with van der Waals surface area (Å²) in [7, 11) is 0. The van der Waals surface area contributed by atoms with Crippen molar-refractivity contribution in [1.29, 1.82) is 0 Å². The van der Waals surface area contributed by atoms with Crippen molar-refractivity contribution in [3.63, 3.8) is 0 Å². The van der Waals surface area contributed by atoms with Gasteiger partial charge in [0, 0.05) is 0 Å². The van der Waals surface area contributed by atoms with Gasteiger partial charge in [-0.3, -0.25) is 0 Å². The van der Waals surface area contributed by atoms with Gasteiger partial charge < -0.3 is 0 Å². The van der Waals surface area contributed by atoms with Crippen molar-refractivity contribution in [2.45, 2.75) is 84.0 Å². The Balaban J connectivity index is 1.39. The van der Waals surface area contributed by atoms with Crippen LogP contribution in [-0.4, -0.2) is 0 Å². The van der Waals surface area contributed by atoms with Crippen molar-refractivity contribution in [3.05, 3.63) is 46.2 Å². The Morgan fingerprint density at radius 3 is 2.22 bits per heavy atom. The molecule has 2 fully saturated rings. The fourth-order valence-corrected chi connectivity index (χ4v) is 5.88. The van der Waals surface area contributed by atoms with Crippen molar-refractivity contribution >= 4 is 15.9 Å². The standard InChI is InChI=1S/C25H36BrF/c1-2-3-24-15-10-21(18-25(24)27)5-4-19-6-11-22(12-7-19)23-13-8-20(9-14-23)16-17-26/h10,15-20,22-23H,2-9,11-14H2,1H3/b17-16+. The van der Waals surface area contributed by atoms with Gasteiger partial charge in [-0.15, -0.1) is 0 Å². The maximum atomic E-state index is 14.1. The number of hydrogen-bond donors (Lipinski definition) is 0. The molecule has 0 unspecified atom stereocenters. The van der Waals surface area contributed by atoms with Crippen LogP contribution in [0, 0.1) is 29.5 Å². The first-order valence-corrected chi connectivity index (χ1v) is 12.1. The molecule has 0 heterocycles. The van der Waals surface area contributed by atoms with Gasteiger partial charge in [-0.25, -0.2) is 4.39 Å². The largest absolute Gasteiger partial charge is 0.207 e. The molecular weight excluding hydrogens is 399 g/mol. The number of aryl methyl sites for hydroxylation is 2. The lowest BCUT2D eigenvalue weighted by Crippen LogP contribution is -2.25. The molecule has 3 rings (SSSR count). The van der Waals surface area contributed by atoms with Crippen LogP contribution in [-0.2, 0) is 12.8 Å². The number of halogens is 2. The number of hydrogen-bond acceptors (Lipinski definition) is 0. The van der Waals surface area contributed by atoms with Crippen molar-refractivity contribution < 1.29 is 4.39 Å². The maximum absolute atomic E-state index is 14.1. The van der Waals surface area contributed by atoms with Gasteiger partial charge in [-0.05, 0) is 104 Å². The van der Waals surface area contributed by atoms with E-state index in [1.54, 1.807) is 6.07 Å². The first kappa shape index (κ1) is 21.1. The molecule has 0 N–H and O–H groups in total. The van der Waals surface area contributed by atoms with Crippen LogP contribution >= 0.6 is 15.9 Å². The highest BCUT2D eigenvalue weighted by molar-refractivity contribution is 9.11. The summed E-state index contributed by atoms with van der Waals surface area (Å²) >= 11 is 3.43. The molecule has 0 radical (unpaired) electrons. The monoisotopic (exact) mass is 434 g/mol. The summed E-state index contributed by atoms with van der Waals surface area (Å²) in [4.78, 5) is 2.05. The third-order valence-corrected chi connectivity index (χ3v) is 7.50. The van der Waals surface area contributed by atoms with Crippen LogP contribution < -0.4 is 0 Å². The van der Waals surface area contributed by atoms with Crippen LogP contribution in [0.1, 0.15) is 82.3 Å². The minimum Gasteiger partial charge on any atom is -0.207 e. The van der Waals surface area contributed by atoms with Crippen LogP contribution in [0.25, 0.3) is 0 Å². The molecule has 2 heteroatoms. The van der Waals surface area contributed by atoms with E-state index in [9.17, 15) is 4.39 Å². The SMILES string of the molecule is CCCc1ccc(CCC2CCC(C3CCC(/C=C/Br)CC3)CC2)cc1F. The molecule has 2 aliphatic carbocycles. The Morgan fingerprint density at radius 2 is 1.63 bits per heavy atom. The third-order valence-electron chi connectivity index (χ3n) is 7.20. The van der Waals surface area contributed by atoms with Gasteiger partial charge in [0.05, 0.1) is 0 Å². The molecule has 0 aromatic heterocycles. The van der Waals surface area contributed by atoms with Crippen LogP contribution in [0.2, 0.25) is 0 Å². The van der Waals surface area contributed by atoms with E-state index in [0.717, 1.165) is 48.5 Å². The zero-order valence-electron chi connectivity index (χ0n) is 16.9. The smallest absolute Gasteiger partial charge is 0.126 e. The lowest BCUT2D eigenvalue weighted by Gasteiger charge is -2.37. The van der Waals surface area contributed by atoms with Gasteiger partial charge in [0.25, 0.3) is 0 Å². The highest BCUT2D eigenvalue weighted by Crippen LogP contribution is 2.42. The Hall–Kier alpha value is -0.630. The summed E-state index contributed by atoms with van der Waals surface area (Å²) in [5.41, 5.74) is 2.07. The molecule has 150 valence electrons. The minimum atomic E-state index is 0.00316. The summed E-state index contributed by atoms with van der Waals surface area (Å²) in [5, 5.41) is 0. The summed E-state index contributed by atoms with van der Waals surface area (Å²) in [6.45, 7) is 2.11. The molecule has 0 nitrogen and oxygen atoms in total. The van der Waals surface area contributed by atoms with E-state index in [0.29, 0.717) is 0 Å². The summed E-state index contributed by atoms with van der Waals surface area (Å²) in [6.07, 6.45) is 17.7. The number of allylic oxidation sites excluding steroid dienone is 1.